The first kappa shape index (κ1) is 16.5. The maximum Gasteiger partial charge on any atom is 0.237 e. The Labute approximate surface area is 119 Å². The number of aliphatic hydroxyl groups is 1. The van der Waals surface area contributed by atoms with E-state index in [2.05, 4.69) is 16.6 Å². The zero-order chi connectivity index (χ0) is 15.4. The van der Waals surface area contributed by atoms with Crippen LogP contribution in [0.2, 0.25) is 0 Å². The lowest BCUT2D eigenvalue weighted by Gasteiger charge is -2.20. The summed E-state index contributed by atoms with van der Waals surface area (Å²) < 4.78 is 38.9. The number of halogens is 1. The van der Waals surface area contributed by atoms with Crippen LogP contribution in [0, 0.1) is 17.7 Å². The fraction of sp³-hybridized carbons (Fsp3) is 0.429. The molecule has 0 fully saturated rings. The van der Waals surface area contributed by atoms with Crippen molar-refractivity contribution in [2.45, 2.75) is 31.9 Å². The van der Waals surface area contributed by atoms with Crippen LogP contribution >= 0.6 is 0 Å². The Morgan fingerprint density at radius 2 is 2.00 bits per heavy atom. The molecule has 0 heterocycles. The average Bonchev–Trinajstić information content (AvgIpc) is 2.31. The van der Waals surface area contributed by atoms with E-state index >= 15 is 0 Å². The van der Waals surface area contributed by atoms with Crippen LogP contribution in [0.15, 0.2) is 18.2 Å². The van der Waals surface area contributed by atoms with Gasteiger partial charge in [0.05, 0.1) is 17.0 Å². The minimum Gasteiger partial charge on any atom is -0.395 e. The van der Waals surface area contributed by atoms with E-state index in [-0.39, 0.29) is 12.3 Å². The van der Waals surface area contributed by atoms with Crippen molar-refractivity contribution < 1.29 is 17.9 Å². The van der Waals surface area contributed by atoms with Crippen LogP contribution in [-0.4, -0.2) is 24.9 Å². The zero-order valence-corrected chi connectivity index (χ0v) is 12.5. The van der Waals surface area contributed by atoms with Crippen molar-refractivity contribution in [3.05, 3.63) is 29.6 Å². The smallest absolute Gasteiger partial charge is 0.237 e. The van der Waals surface area contributed by atoms with E-state index in [9.17, 15) is 12.8 Å². The Morgan fingerprint density at radius 1 is 1.35 bits per heavy atom. The summed E-state index contributed by atoms with van der Waals surface area (Å²) in [5.74, 6) is 4.66. The van der Waals surface area contributed by atoms with Gasteiger partial charge in [0.2, 0.25) is 10.0 Å². The molecular weight excluding hydrogens is 281 g/mol. The van der Waals surface area contributed by atoms with Crippen molar-refractivity contribution in [1.82, 2.24) is 0 Å². The van der Waals surface area contributed by atoms with Crippen molar-refractivity contribution >= 4 is 15.7 Å². The molecule has 6 heteroatoms. The first-order valence-corrected chi connectivity index (χ1v) is 7.57. The predicted octanol–water partition coefficient (Wildman–Crippen LogP) is 2.10. The van der Waals surface area contributed by atoms with Gasteiger partial charge in [-0.15, -0.1) is 0 Å². The zero-order valence-electron chi connectivity index (χ0n) is 11.7. The highest BCUT2D eigenvalue weighted by Gasteiger charge is 2.29. The van der Waals surface area contributed by atoms with E-state index < -0.39 is 20.6 Å². The lowest BCUT2D eigenvalue weighted by molar-refractivity contribution is 0.305. The molecule has 2 N–H and O–H groups in total. The number of benzene rings is 1. The van der Waals surface area contributed by atoms with Crippen molar-refractivity contribution in [1.29, 1.82) is 0 Å². The molecule has 1 rings (SSSR count). The van der Waals surface area contributed by atoms with E-state index in [1.807, 2.05) is 0 Å². The van der Waals surface area contributed by atoms with Crippen LogP contribution in [0.4, 0.5) is 10.1 Å². The van der Waals surface area contributed by atoms with Gasteiger partial charge in [0.25, 0.3) is 0 Å². The third-order valence-corrected chi connectivity index (χ3v) is 4.59. The molecular formula is C14H18FNO3S. The Bertz CT molecular complexity index is 637. The number of sulfonamides is 1. The fourth-order valence-electron chi connectivity index (χ4n) is 1.19. The number of aliphatic hydroxyl groups excluding tert-OH is 1. The van der Waals surface area contributed by atoms with Crippen LogP contribution in [-0.2, 0) is 10.0 Å². The first-order valence-electron chi connectivity index (χ1n) is 6.09. The summed E-state index contributed by atoms with van der Waals surface area (Å²) in [4.78, 5) is 0. The van der Waals surface area contributed by atoms with Gasteiger partial charge in [0, 0.05) is 12.0 Å². The predicted molar refractivity (Wildman–Crippen MR) is 77.3 cm³/mol. The minimum atomic E-state index is -3.67. The van der Waals surface area contributed by atoms with Crippen molar-refractivity contribution in [3.63, 3.8) is 0 Å². The molecule has 1 aromatic carbocycles. The molecule has 4 nitrogen and oxygen atoms in total. The lowest BCUT2D eigenvalue weighted by atomic mass is 10.2. The molecule has 0 amide bonds. The topological polar surface area (TPSA) is 66.4 Å². The molecule has 0 aromatic heterocycles. The van der Waals surface area contributed by atoms with Crippen LogP contribution in [0.5, 0.6) is 0 Å². The summed E-state index contributed by atoms with van der Waals surface area (Å²) in [6.07, 6.45) is 0.306. The minimum absolute atomic E-state index is 0.0566. The van der Waals surface area contributed by atoms with Gasteiger partial charge >= 0.3 is 0 Å². The molecule has 0 radical (unpaired) electrons. The Balaban J connectivity index is 2.99. The molecule has 0 saturated carbocycles. The maximum absolute atomic E-state index is 13.8. The van der Waals surface area contributed by atoms with Crippen LogP contribution in [0.3, 0.4) is 0 Å². The summed E-state index contributed by atoms with van der Waals surface area (Å²) in [5, 5.41) is 8.59. The maximum atomic E-state index is 13.8. The van der Waals surface area contributed by atoms with Crippen molar-refractivity contribution in [2.24, 2.45) is 0 Å². The number of hydrogen-bond donors (Lipinski definition) is 2. The molecule has 1 aromatic rings. The van der Waals surface area contributed by atoms with E-state index in [4.69, 9.17) is 5.11 Å². The average molecular weight is 299 g/mol. The van der Waals surface area contributed by atoms with E-state index in [0.29, 0.717) is 12.0 Å². The molecule has 0 bridgehead atoms. The number of anilines is 1. The van der Waals surface area contributed by atoms with Gasteiger partial charge in [-0.2, -0.15) is 0 Å². The summed E-state index contributed by atoms with van der Waals surface area (Å²) in [6, 6.07) is 4.01. The van der Waals surface area contributed by atoms with E-state index in [1.54, 1.807) is 0 Å². The van der Waals surface area contributed by atoms with Gasteiger partial charge in [-0.25, -0.2) is 12.8 Å². The van der Waals surface area contributed by atoms with Gasteiger partial charge in [-0.05, 0) is 39.0 Å². The fourth-order valence-corrected chi connectivity index (χ4v) is 1.96. The number of rotatable bonds is 3. The quantitative estimate of drug-likeness (QED) is 0.840. The third-order valence-electron chi connectivity index (χ3n) is 2.49. The largest absolute Gasteiger partial charge is 0.395 e. The van der Waals surface area contributed by atoms with E-state index in [0.717, 1.165) is 6.07 Å². The molecule has 0 aliphatic carbocycles. The number of hydrogen-bond acceptors (Lipinski definition) is 3. The van der Waals surface area contributed by atoms with E-state index in [1.165, 1.54) is 32.9 Å². The molecule has 0 spiro atoms. The second-order valence-corrected chi connectivity index (χ2v) is 7.62. The summed E-state index contributed by atoms with van der Waals surface area (Å²) in [7, 11) is -3.67. The number of nitrogens with one attached hydrogen (secondary N) is 1. The highest BCUT2D eigenvalue weighted by molar-refractivity contribution is 7.94. The lowest BCUT2D eigenvalue weighted by Crippen LogP contribution is -2.33. The SMILES string of the molecule is CC(C)(C)S(=O)(=O)Nc1ccc(C#CCCO)cc1F. The van der Waals surface area contributed by atoms with Crippen LogP contribution in [0.25, 0.3) is 0 Å². The molecule has 110 valence electrons. The Kier molecular flexibility index (Phi) is 5.15. The Hall–Kier alpha value is -1.58. The van der Waals surface area contributed by atoms with Gasteiger partial charge in [0.1, 0.15) is 5.82 Å². The van der Waals surface area contributed by atoms with Crippen LogP contribution in [0.1, 0.15) is 32.8 Å². The molecule has 0 atom stereocenters. The third kappa shape index (κ3) is 4.22. The summed E-state index contributed by atoms with van der Waals surface area (Å²) in [6.45, 7) is 4.53. The normalized spacial score (nSPS) is 11.7. The van der Waals surface area contributed by atoms with Crippen LogP contribution < -0.4 is 4.72 Å². The van der Waals surface area contributed by atoms with Gasteiger partial charge in [-0.1, -0.05) is 11.8 Å². The first-order chi connectivity index (χ1) is 9.17. The highest BCUT2D eigenvalue weighted by atomic mass is 32.2. The highest BCUT2D eigenvalue weighted by Crippen LogP contribution is 2.22. The monoisotopic (exact) mass is 299 g/mol. The molecule has 0 aliphatic heterocycles. The van der Waals surface area contributed by atoms with Gasteiger partial charge < -0.3 is 5.11 Å². The van der Waals surface area contributed by atoms with Gasteiger partial charge in [-0.3, -0.25) is 4.72 Å². The second-order valence-electron chi connectivity index (χ2n) is 5.19. The Morgan fingerprint density at radius 3 is 2.50 bits per heavy atom. The molecule has 20 heavy (non-hydrogen) atoms. The van der Waals surface area contributed by atoms with Gasteiger partial charge in [0.15, 0.2) is 0 Å². The standard InChI is InChI=1S/C14H18FNO3S/c1-14(2,3)20(18,19)16-13-8-7-11(10-12(13)15)6-4-5-9-17/h7-8,10,16-17H,5,9H2,1-3H3. The summed E-state index contributed by atoms with van der Waals surface area (Å²) >= 11 is 0. The van der Waals surface area contributed by atoms with Crippen molar-refractivity contribution in [2.75, 3.05) is 11.3 Å². The molecule has 0 aliphatic rings. The molecule has 0 saturated heterocycles. The second kappa shape index (κ2) is 6.25. The summed E-state index contributed by atoms with van der Waals surface area (Å²) in [5.41, 5.74) is 0.322. The van der Waals surface area contributed by atoms with Crippen molar-refractivity contribution in [3.8, 4) is 11.8 Å². The molecule has 0 unspecified atom stereocenters.